The summed E-state index contributed by atoms with van der Waals surface area (Å²) in [5.41, 5.74) is -0.672. The Kier molecular flexibility index (Phi) is 7.67. The molecule has 3 aromatic rings. The monoisotopic (exact) mass is 465 g/mol. The molecular formula is C22H23F4N5O2. The van der Waals surface area contributed by atoms with E-state index in [0.717, 1.165) is 6.07 Å². The van der Waals surface area contributed by atoms with Gasteiger partial charge in [-0.3, -0.25) is 0 Å². The molecule has 2 aromatic carbocycles. The fourth-order valence-electron chi connectivity index (χ4n) is 2.88. The molecule has 3 N–H and O–H groups in total. The summed E-state index contributed by atoms with van der Waals surface area (Å²) in [6.07, 6.45) is -4.02. The van der Waals surface area contributed by atoms with Gasteiger partial charge in [-0.05, 0) is 56.6 Å². The van der Waals surface area contributed by atoms with Gasteiger partial charge in [-0.15, -0.1) is 0 Å². The lowest BCUT2D eigenvalue weighted by atomic mass is 10.2. The number of aliphatic hydroxyl groups excluding tert-OH is 1. The van der Waals surface area contributed by atoms with Crippen molar-refractivity contribution in [3.05, 3.63) is 66.2 Å². The van der Waals surface area contributed by atoms with E-state index in [9.17, 15) is 22.7 Å². The van der Waals surface area contributed by atoms with E-state index < -0.39 is 23.7 Å². The highest BCUT2D eigenvalue weighted by atomic mass is 19.4. The number of aliphatic hydroxyl groups is 1. The molecule has 11 heteroatoms. The zero-order valence-corrected chi connectivity index (χ0v) is 17.9. The van der Waals surface area contributed by atoms with Crippen molar-refractivity contribution in [2.24, 2.45) is 0 Å². The molecule has 3 rings (SSSR count). The van der Waals surface area contributed by atoms with Crippen LogP contribution in [0.4, 0.5) is 40.6 Å². The molecule has 0 fully saturated rings. The molecule has 1 heterocycles. The Hall–Kier alpha value is -3.44. The van der Waals surface area contributed by atoms with E-state index >= 15 is 0 Å². The van der Waals surface area contributed by atoms with Gasteiger partial charge in [0.2, 0.25) is 0 Å². The SMILES string of the molecule is CN(C)CC(O)COc1ccc(Nc2cc(Nc3cc(C(F)(F)F)ccc3F)ncn2)cc1. The van der Waals surface area contributed by atoms with Crippen molar-refractivity contribution >= 4 is 23.0 Å². The minimum absolute atomic E-state index is 0.112. The predicted molar refractivity (Wildman–Crippen MR) is 116 cm³/mol. The lowest BCUT2D eigenvalue weighted by Gasteiger charge is -2.16. The van der Waals surface area contributed by atoms with Gasteiger partial charge in [-0.2, -0.15) is 13.2 Å². The van der Waals surface area contributed by atoms with Gasteiger partial charge in [-0.1, -0.05) is 0 Å². The third-order valence-corrected chi connectivity index (χ3v) is 4.37. The highest BCUT2D eigenvalue weighted by Crippen LogP contribution is 2.32. The smallest absolute Gasteiger partial charge is 0.416 e. The average Bonchev–Trinajstić information content (AvgIpc) is 2.74. The molecule has 1 atom stereocenters. The van der Waals surface area contributed by atoms with E-state index in [1.807, 2.05) is 19.0 Å². The second kappa shape index (κ2) is 10.5. The van der Waals surface area contributed by atoms with Crippen LogP contribution in [0.5, 0.6) is 5.75 Å². The number of benzene rings is 2. The van der Waals surface area contributed by atoms with Crippen molar-refractivity contribution in [2.75, 3.05) is 37.9 Å². The number of aromatic nitrogens is 2. The number of alkyl halides is 3. The standard InChI is InChI=1S/C22H23F4N5O2/c1-31(2)11-16(32)12-33-17-6-4-15(5-7-17)29-20-10-21(28-13-27-20)30-19-9-14(22(24,25)26)3-8-18(19)23/h3-10,13,16,32H,11-12H2,1-2H3,(H2,27,28,29,30). The third-order valence-electron chi connectivity index (χ3n) is 4.37. The molecule has 0 radical (unpaired) electrons. The van der Waals surface area contributed by atoms with Gasteiger partial charge in [0.15, 0.2) is 0 Å². The Balaban J connectivity index is 1.64. The Bertz CT molecular complexity index is 1060. The molecule has 0 saturated carbocycles. The molecule has 0 amide bonds. The first kappa shape index (κ1) is 24.2. The molecule has 7 nitrogen and oxygen atoms in total. The third kappa shape index (κ3) is 7.29. The van der Waals surface area contributed by atoms with Gasteiger partial charge >= 0.3 is 6.18 Å². The molecule has 0 spiro atoms. The fraction of sp³-hybridized carbons (Fsp3) is 0.273. The van der Waals surface area contributed by atoms with Crippen molar-refractivity contribution in [3.8, 4) is 5.75 Å². The summed E-state index contributed by atoms with van der Waals surface area (Å²) in [4.78, 5) is 9.84. The number of ether oxygens (including phenoxy) is 1. The minimum atomic E-state index is -4.59. The Morgan fingerprint density at radius 3 is 2.30 bits per heavy atom. The van der Waals surface area contributed by atoms with E-state index in [-0.39, 0.29) is 18.1 Å². The minimum Gasteiger partial charge on any atom is -0.491 e. The number of nitrogens with zero attached hydrogens (tertiary/aromatic N) is 3. The number of hydrogen-bond donors (Lipinski definition) is 3. The molecule has 0 aliphatic rings. The van der Waals surface area contributed by atoms with E-state index in [1.165, 1.54) is 12.4 Å². The van der Waals surface area contributed by atoms with E-state index in [0.29, 0.717) is 35.9 Å². The van der Waals surface area contributed by atoms with Crippen LogP contribution in [-0.4, -0.2) is 53.3 Å². The molecule has 0 saturated heterocycles. The van der Waals surface area contributed by atoms with Gasteiger partial charge in [0.1, 0.15) is 42.2 Å². The van der Waals surface area contributed by atoms with Crippen molar-refractivity contribution in [1.82, 2.24) is 14.9 Å². The molecule has 33 heavy (non-hydrogen) atoms. The van der Waals surface area contributed by atoms with E-state index in [2.05, 4.69) is 20.6 Å². The fourth-order valence-corrected chi connectivity index (χ4v) is 2.88. The van der Waals surface area contributed by atoms with Crippen LogP contribution in [0.1, 0.15) is 5.56 Å². The first-order valence-electron chi connectivity index (χ1n) is 9.88. The molecular weight excluding hydrogens is 442 g/mol. The largest absolute Gasteiger partial charge is 0.491 e. The van der Waals surface area contributed by atoms with Crippen LogP contribution in [0.15, 0.2) is 54.9 Å². The maximum atomic E-state index is 14.0. The Morgan fingerprint density at radius 1 is 1.00 bits per heavy atom. The van der Waals surface area contributed by atoms with Gasteiger partial charge in [-0.25, -0.2) is 14.4 Å². The summed E-state index contributed by atoms with van der Waals surface area (Å²) >= 11 is 0. The van der Waals surface area contributed by atoms with Gasteiger partial charge in [0.05, 0.1) is 11.3 Å². The van der Waals surface area contributed by atoms with Crippen molar-refractivity contribution < 1.29 is 27.4 Å². The second-order valence-corrected chi connectivity index (χ2v) is 7.48. The van der Waals surface area contributed by atoms with E-state index in [4.69, 9.17) is 4.74 Å². The summed E-state index contributed by atoms with van der Waals surface area (Å²) in [6, 6.07) is 10.4. The highest BCUT2D eigenvalue weighted by molar-refractivity contribution is 5.64. The maximum Gasteiger partial charge on any atom is 0.416 e. The predicted octanol–water partition coefficient (Wildman–Crippen LogP) is 4.42. The molecule has 0 aliphatic carbocycles. The first-order valence-corrected chi connectivity index (χ1v) is 9.88. The van der Waals surface area contributed by atoms with E-state index in [1.54, 1.807) is 24.3 Å². The summed E-state index contributed by atoms with van der Waals surface area (Å²) in [5.74, 6) is 0.182. The number of nitrogens with one attached hydrogen (secondary N) is 2. The van der Waals surface area contributed by atoms with Crippen LogP contribution < -0.4 is 15.4 Å². The average molecular weight is 465 g/mol. The lowest BCUT2D eigenvalue weighted by Crippen LogP contribution is -2.30. The highest BCUT2D eigenvalue weighted by Gasteiger charge is 2.31. The van der Waals surface area contributed by atoms with Gasteiger partial charge in [0.25, 0.3) is 0 Å². The summed E-state index contributed by atoms with van der Waals surface area (Å²) in [5, 5.41) is 15.4. The quantitative estimate of drug-likeness (QED) is 0.404. The molecule has 0 aliphatic heterocycles. The first-order chi connectivity index (χ1) is 15.6. The summed E-state index contributed by atoms with van der Waals surface area (Å²) in [7, 11) is 3.71. The topological polar surface area (TPSA) is 82.5 Å². The zero-order chi connectivity index (χ0) is 24.0. The Morgan fingerprint density at radius 2 is 1.67 bits per heavy atom. The van der Waals surface area contributed by atoms with Crippen LogP contribution >= 0.6 is 0 Å². The van der Waals surface area contributed by atoms with Crippen molar-refractivity contribution in [1.29, 1.82) is 0 Å². The molecule has 176 valence electrons. The van der Waals surface area contributed by atoms with Crippen LogP contribution in [0.25, 0.3) is 0 Å². The molecule has 1 aromatic heterocycles. The summed E-state index contributed by atoms with van der Waals surface area (Å²) in [6.45, 7) is 0.631. The maximum absolute atomic E-state index is 14.0. The van der Waals surface area contributed by atoms with Crippen LogP contribution in [0.3, 0.4) is 0 Å². The van der Waals surface area contributed by atoms with Crippen molar-refractivity contribution in [2.45, 2.75) is 12.3 Å². The molecule has 1 unspecified atom stereocenters. The number of anilines is 4. The Labute approximate surface area is 188 Å². The van der Waals surface area contributed by atoms with Gasteiger partial charge < -0.3 is 25.4 Å². The lowest BCUT2D eigenvalue weighted by molar-refractivity contribution is -0.137. The van der Waals surface area contributed by atoms with Gasteiger partial charge in [0, 0.05) is 18.3 Å². The van der Waals surface area contributed by atoms with Crippen LogP contribution in [0.2, 0.25) is 0 Å². The zero-order valence-electron chi connectivity index (χ0n) is 17.9. The van der Waals surface area contributed by atoms with Crippen LogP contribution in [-0.2, 0) is 6.18 Å². The number of hydrogen-bond acceptors (Lipinski definition) is 7. The second-order valence-electron chi connectivity index (χ2n) is 7.48. The summed E-state index contributed by atoms with van der Waals surface area (Å²) < 4.78 is 58.2. The van der Waals surface area contributed by atoms with Crippen molar-refractivity contribution in [3.63, 3.8) is 0 Å². The molecule has 0 bridgehead atoms. The number of halogens is 4. The number of likely N-dealkylation sites (N-methyl/N-ethyl adjacent to an activating group) is 1. The number of rotatable bonds is 9. The van der Waals surface area contributed by atoms with Crippen LogP contribution in [0, 0.1) is 5.82 Å². The normalized spacial score (nSPS) is 12.5.